The number of aliphatic hydroxyl groups excluding tert-OH is 2. The van der Waals surface area contributed by atoms with Crippen LogP contribution in [0.25, 0.3) is 11.1 Å². The third-order valence-electron chi connectivity index (χ3n) is 5.69. The minimum absolute atomic E-state index is 0.0695. The van der Waals surface area contributed by atoms with Crippen LogP contribution in [0.15, 0.2) is 48.5 Å². The third-order valence-corrected chi connectivity index (χ3v) is 5.69. The zero-order chi connectivity index (χ0) is 26.8. The molecule has 194 valence electrons. The van der Waals surface area contributed by atoms with Gasteiger partial charge in [0.15, 0.2) is 0 Å². The van der Waals surface area contributed by atoms with Crippen molar-refractivity contribution in [3.63, 3.8) is 0 Å². The molecule has 4 amide bonds. The molecule has 2 rings (SSSR count). The molecular weight excluding hydrogens is 464 g/mol. The third kappa shape index (κ3) is 7.62. The van der Waals surface area contributed by atoms with Crippen molar-refractivity contribution in [2.45, 2.75) is 39.8 Å². The first-order valence-corrected chi connectivity index (χ1v) is 11.7. The van der Waals surface area contributed by atoms with Crippen molar-refractivity contribution >= 4 is 35.0 Å². The number of benzene rings is 2. The van der Waals surface area contributed by atoms with Gasteiger partial charge in [-0.05, 0) is 24.0 Å². The summed E-state index contributed by atoms with van der Waals surface area (Å²) >= 11 is 0. The molecule has 0 saturated heterocycles. The van der Waals surface area contributed by atoms with Crippen LogP contribution in [0.5, 0.6) is 0 Å². The number of hydrogen-bond donors (Lipinski definition) is 6. The molecule has 10 nitrogen and oxygen atoms in total. The molecule has 0 aromatic heterocycles. The van der Waals surface area contributed by atoms with Gasteiger partial charge < -0.3 is 31.5 Å². The van der Waals surface area contributed by atoms with Crippen molar-refractivity contribution in [3.8, 4) is 11.1 Å². The number of hydrogen-bond acceptors (Lipinski definition) is 6. The van der Waals surface area contributed by atoms with Gasteiger partial charge >= 0.3 is 23.6 Å². The van der Waals surface area contributed by atoms with E-state index in [1.807, 2.05) is 27.7 Å². The smallest absolute Gasteiger partial charge is 0.313 e. The molecule has 0 aliphatic carbocycles. The SMILES string of the molecule is CC(C)[C@@H](CO)NC(=O)C(=O)Nc1ccccc1-c1ccccc1NC(=O)C(=O)N[C@H](CO)C(C)C. The topological polar surface area (TPSA) is 157 Å². The Bertz CT molecular complexity index is 1000. The summed E-state index contributed by atoms with van der Waals surface area (Å²) in [5.41, 5.74) is 1.64. The van der Waals surface area contributed by atoms with Gasteiger partial charge in [-0.3, -0.25) is 19.2 Å². The second-order valence-corrected chi connectivity index (χ2v) is 9.01. The molecule has 0 radical (unpaired) electrons. The van der Waals surface area contributed by atoms with E-state index < -0.39 is 35.7 Å². The van der Waals surface area contributed by atoms with Gasteiger partial charge in [-0.15, -0.1) is 0 Å². The van der Waals surface area contributed by atoms with Crippen LogP contribution >= 0.6 is 0 Å². The lowest BCUT2D eigenvalue weighted by Crippen LogP contribution is -2.46. The molecule has 2 atom stereocenters. The number of carbonyl (C=O) groups excluding carboxylic acids is 4. The lowest BCUT2D eigenvalue weighted by molar-refractivity contribution is -0.137. The molecule has 2 aromatic rings. The number of amides is 4. The summed E-state index contributed by atoms with van der Waals surface area (Å²) < 4.78 is 0. The zero-order valence-corrected chi connectivity index (χ0v) is 20.9. The lowest BCUT2D eigenvalue weighted by atomic mass is 10.0. The van der Waals surface area contributed by atoms with Crippen LogP contribution < -0.4 is 21.3 Å². The van der Waals surface area contributed by atoms with E-state index in [1.54, 1.807) is 48.5 Å². The van der Waals surface area contributed by atoms with Crippen LogP contribution in [0.3, 0.4) is 0 Å². The van der Waals surface area contributed by atoms with E-state index in [1.165, 1.54) is 0 Å². The number of aliphatic hydroxyl groups is 2. The van der Waals surface area contributed by atoms with E-state index in [-0.39, 0.29) is 25.0 Å². The van der Waals surface area contributed by atoms with Gasteiger partial charge in [-0.1, -0.05) is 64.1 Å². The summed E-state index contributed by atoms with van der Waals surface area (Å²) in [4.78, 5) is 49.8. The summed E-state index contributed by atoms with van der Waals surface area (Å²) in [5.74, 6) is -3.74. The number of anilines is 2. The summed E-state index contributed by atoms with van der Waals surface area (Å²) in [6.45, 7) is 6.65. The van der Waals surface area contributed by atoms with E-state index in [9.17, 15) is 29.4 Å². The summed E-state index contributed by atoms with van der Waals surface area (Å²) in [7, 11) is 0. The lowest BCUT2D eigenvalue weighted by Gasteiger charge is -2.20. The first-order chi connectivity index (χ1) is 17.1. The van der Waals surface area contributed by atoms with Crippen molar-refractivity contribution in [1.82, 2.24) is 10.6 Å². The average Bonchev–Trinajstić information content (AvgIpc) is 2.85. The van der Waals surface area contributed by atoms with Gasteiger partial charge in [0.25, 0.3) is 0 Å². The van der Waals surface area contributed by atoms with E-state index in [2.05, 4.69) is 21.3 Å². The molecule has 0 heterocycles. The average molecular weight is 499 g/mol. The Balaban J connectivity index is 2.25. The molecule has 10 heteroatoms. The zero-order valence-electron chi connectivity index (χ0n) is 20.9. The summed E-state index contributed by atoms with van der Waals surface area (Å²) in [5, 5.41) is 29.0. The molecule has 0 aliphatic heterocycles. The molecule has 36 heavy (non-hydrogen) atoms. The number of nitrogens with one attached hydrogen (secondary N) is 4. The molecule has 0 aliphatic rings. The fraction of sp³-hybridized carbons (Fsp3) is 0.385. The second-order valence-electron chi connectivity index (χ2n) is 9.01. The van der Waals surface area contributed by atoms with Crippen LogP contribution in [0, 0.1) is 11.8 Å². The predicted octanol–water partition coefficient (Wildman–Crippen LogP) is 1.50. The van der Waals surface area contributed by atoms with Gasteiger partial charge in [0, 0.05) is 22.5 Å². The van der Waals surface area contributed by atoms with E-state index in [4.69, 9.17) is 0 Å². The summed E-state index contributed by atoms with van der Waals surface area (Å²) in [6, 6.07) is 12.3. The van der Waals surface area contributed by atoms with Crippen LogP contribution in [-0.4, -0.2) is 59.1 Å². The molecule has 6 N–H and O–H groups in total. The summed E-state index contributed by atoms with van der Waals surface area (Å²) in [6.07, 6.45) is 0. The Kier molecular flexibility index (Phi) is 10.6. The van der Waals surface area contributed by atoms with Crippen molar-refractivity contribution in [2.75, 3.05) is 23.8 Å². The maximum atomic E-state index is 12.6. The molecule has 0 unspecified atom stereocenters. The van der Waals surface area contributed by atoms with Gasteiger partial charge in [0.05, 0.1) is 25.3 Å². The molecular formula is C26H34N4O6. The molecule has 0 saturated carbocycles. The molecule has 0 bridgehead atoms. The van der Waals surface area contributed by atoms with E-state index >= 15 is 0 Å². The number of carbonyl (C=O) groups is 4. The Labute approximate surface area is 210 Å². The minimum atomic E-state index is -0.911. The van der Waals surface area contributed by atoms with Crippen molar-refractivity contribution in [3.05, 3.63) is 48.5 Å². The maximum absolute atomic E-state index is 12.6. The highest BCUT2D eigenvalue weighted by Crippen LogP contribution is 2.33. The Morgan fingerprint density at radius 2 is 0.944 bits per heavy atom. The highest BCUT2D eigenvalue weighted by molar-refractivity contribution is 6.40. The minimum Gasteiger partial charge on any atom is -0.394 e. The predicted molar refractivity (Wildman–Crippen MR) is 137 cm³/mol. The first-order valence-electron chi connectivity index (χ1n) is 11.7. The number of rotatable bonds is 9. The van der Waals surface area contributed by atoms with Crippen molar-refractivity contribution in [1.29, 1.82) is 0 Å². The fourth-order valence-electron chi connectivity index (χ4n) is 3.33. The molecule has 0 spiro atoms. The second kappa shape index (κ2) is 13.4. The number of para-hydroxylation sites is 2. The van der Waals surface area contributed by atoms with Crippen LogP contribution in [0.1, 0.15) is 27.7 Å². The van der Waals surface area contributed by atoms with Gasteiger partial charge in [-0.2, -0.15) is 0 Å². The fourth-order valence-corrected chi connectivity index (χ4v) is 3.33. The Morgan fingerprint density at radius 3 is 1.25 bits per heavy atom. The van der Waals surface area contributed by atoms with Gasteiger partial charge in [0.1, 0.15) is 0 Å². The highest BCUT2D eigenvalue weighted by atomic mass is 16.3. The monoisotopic (exact) mass is 498 g/mol. The van der Waals surface area contributed by atoms with Crippen LogP contribution in [-0.2, 0) is 19.2 Å². The normalized spacial score (nSPS) is 12.6. The van der Waals surface area contributed by atoms with Gasteiger partial charge in [0.2, 0.25) is 0 Å². The van der Waals surface area contributed by atoms with Gasteiger partial charge in [-0.25, -0.2) is 0 Å². The van der Waals surface area contributed by atoms with Crippen LogP contribution in [0.2, 0.25) is 0 Å². The van der Waals surface area contributed by atoms with Crippen LogP contribution in [0.4, 0.5) is 11.4 Å². The molecule has 0 fully saturated rings. The molecule has 2 aromatic carbocycles. The Hall–Kier alpha value is -3.76. The largest absolute Gasteiger partial charge is 0.394 e. The van der Waals surface area contributed by atoms with E-state index in [0.717, 1.165) is 0 Å². The van der Waals surface area contributed by atoms with E-state index in [0.29, 0.717) is 22.5 Å². The van der Waals surface area contributed by atoms with Crippen molar-refractivity contribution < 1.29 is 29.4 Å². The Morgan fingerprint density at radius 1 is 0.611 bits per heavy atom. The first kappa shape index (κ1) is 28.5. The maximum Gasteiger partial charge on any atom is 0.313 e. The standard InChI is InChI=1S/C26H34N4O6/c1-15(2)21(13-31)29-25(35)23(33)27-19-11-7-5-9-17(19)18-10-6-8-12-20(18)28-24(34)26(36)30-22(14-32)16(3)4/h5-12,15-16,21-22,31-32H,13-14H2,1-4H3,(H,27,33)(H,28,34)(H,29,35)(H,30,36)/t21-,22-/m1/s1. The highest BCUT2D eigenvalue weighted by Gasteiger charge is 2.23. The van der Waals surface area contributed by atoms with Crippen molar-refractivity contribution in [2.24, 2.45) is 11.8 Å². The quantitative estimate of drug-likeness (QED) is 0.288.